The van der Waals surface area contributed by atoms with Gasteiger partial charge >= 0.3 is 0 Å². The maximum atomic E-state index is 4.44. The van der Waals surface area contributed by atoms with Crippen LogP contribution in [-0.4, -0.2) is 62.6 Å². The minimum atomic E-state index is 0.831. The molecule has 0 aliphatic carbocycles. The zero-order valence-electron chi connectivity index (χ0n) is 9.87. The van der Waals surface area contributed by atoms with E-state index in [-0.39, 0.29) is 0 Å². The molecule has 0 aromatic rings. The smallest absolute Gasteiger partial charge is 0.193 e. The standard InChI is InChI=1S/C11H22N4/c1-14-6-3-10(4-7-14)9-13-11-12-5-8-15(11)2/h10H,3-9H2,1-2H3,(H,12,13). The van der Waals surface area contributed by atoms with Gasteiger partial charge in [0.25, 0.3) is 0 Å². The van der Waals surface area contributed by atoms with E-state index >= 15 is 0 Å². The van der Waals surface area contributed by atoms with Gasteiger partial charge in [-0.3, -0.25) is 4.99 Å². The van der Waals surface area contributed by atoms with E-state index < -0.39 is 0 Å². The molecule has 2 heterocycles. The molecule has 2 rings (SSSR count). The first-order valence-corrected chi connectivity index (χ1v) is 5.93. The summed E-state index contributed by atoms with van der Waals surface area (Å²) in [6, 6.07) is 0. The number of likely N-dealkylation sites (tertiary alicyclic amines) is 1. The van der Waals surface area contributed by atoms with Gasteiger partial charge in [0.05, 0.1) is 6.54 Å². The van der Waals surface area contributed by atoms with Crippen LogP contribution < -0.4 is 5.32 Å². The highest BCUT2D eigenvalue weighted by Gasteiger charge is 2.18. The first-order chi connectivity index (χ1) is 7.25. The van der Waals surface area contributed by atoms with Gasteiger partial charge in [-0.25, -0.2) is 0 Å². The highest BCUT2D eigenvalue weighted by atomic mass is 15.3. The van der Waals surface area contributed by atoms with Crippen LogP contribution in [0.5, 0.6) is 0 Å². The van der Waals surface area contributed by atoms with E-state index in [0.29, 0.717) is 0 Å². The summed E-state index contributed by atoms with van der Waals surface area (Å²) in [5, 5.41) is 3.47. The Morgan fingerprint density at radius 1 is 1.27 bits per heavy atom. The third-order valence-corrected chi connectivity index (χ3v) is 3.45. The largest absolute Gasteiger partial charge is 0.356 e. The van der Waals surface area contributed by atoms with Crippen molar-refractivity contribution in [2.75, 3.05) is 46.8 Å². The summed E-state index contributed by atoms with van der Waals surface area (Å²) < 4.78 is 0. The molecule has 0 amide bonds. The lowest BCUT2D eigenvalue weighted by Gasteiger charge is -2.29. The fourth-order valence-corrected chi connectivity index (χ4v) is 2.23. The first-order valence-electron chi connectivity index (χ1n) is 5.93. The Balaban J connectivity index is 1.69. The zero-order valence-corrected chi connectivity index (χ0v) is 9.87. The van der Waals surface area contributed by atoms with Crippen molar-refractivity contribution in [1.29, 1.82) is 0 Å². The SMILES string of the molecule is CN1CCC(CNC2=NCCN2C)CC1. The Labute approximate surface area is 92.3 Å². The van der Waals surface area contributed by atoms with Crippen LogP contribution in [0.15, 0.2) is 4.99 Å². The maximum absolute atomic E-state index is 4.44. The van der Waals surface area contributed by atoms with Crippen molar-refractivity contribution in [3.05, 3.63) is 0 Å². The van der Waals surface area contributed by atoms with Gasteiger partial charge in [0.15, 0.2) is 5.96 Å². The van der Waals surface area contributed by atoms with Gasteiger partial charge in [0.2, 0.25) is 0 Å². The van der Waals surface area contributed by atoms with Gasteiger partial charge in [-0.2, -0.15) is 0 Å². The topological polar surface area (TPSA) is 30.9 Å². The van der Waals surface area contributed by atoms with Gasteiger partial charge in [0.1, 0.15) is 0 Å². The molecule has 0 atom stereocenters. The highest BCUT2D eigenvalue weighted by molar-refractivity contribution is 5.81. The van der Waals surface area contributed by atoms with Crippen molar-refractivity contribution >= 4 is 5.96 Å². The summed E-state index contributed by atoms with van der Waals surface area (Å²) in [5.41, 5.74) is 0. The summed E-state index contributed by atoms with van der Waals surface area (Å²) in [4.78, 5) is 9.05. The molecule has 0 aromatic heterocycles. The minimum Gasteiger partial charge on any atom is -0.356 e. The predicted molar refractivity (Wildman–Crippen MR) is 63.2 cm³/mol. The fraction of sp³-hybridized carbons (Fsp3) is 0.909. The molecule has 0 unspecified atom stereocenters. The number of hydrogen-bond donors (Lipinski definition) is 1. The molecule has 4 nitrogen and oxygen atoms in total. The minimum absolute atomic E-state index is 0.831. The Morgan fingerprint density at radius 3 is 2.60 bits per heavy atom. The molecule has 0 saturated carbocycles. The van der Waals surface area contributed by atoms with E-state index in [4.69, 9.17) is 0 Å². The van der Waals surface area contributed by atoms with Crippen LogP contribution >= 0.6 is 0 Å². The summed E-state index contributed by atoms with van der Waals surface area (Å²) in [6.07, 6.45) is 2.64. The lowest BCUT2D eigenvalue weighted by Crippen LogP contribution is -2.41. The van der Waals surface area contributed by atoms with E-state index in [1.807, 2.05) is 0 Å². The number of piperidine rings is 1. The number of hydrogen-bond acceptors (Lipinski definition) is 4. The van der Waals surface area contributed by atoms with Gasteiger partial charge in [-0.1, -0.05) is 0 Å². The summed E-state index contributed by atoms with van der Waals surface area (Å²) in [5.74, 6) is 1.92. The van der Waals surface area contributed by atoms with E-state index in [2.05, 4.69) is 34.2 Å². The number of rotatable bonds is 2. The molecule has 2 aliphatic heterocycles. The highest BCUT2D eigenvalue weighted by Crippen LogP contribution is 2.14. The van der Waals surface area contributed by atoms with Crippen molar-refractivity contribution in [2.24, 2.45) is 10.9 Å². The normalized spacial score (nSPS) is 24.4. The average Bonchev–Trinajstić information content (AvgIpc) is 2.63. The number of likely N-dealkylation sites (N-methyl/N-ethyl adjacent to an activating group) is 1. The molecular weight excluding hydrogens is 188 g/mol. The van der Waals surface area contributed by atoms with Crippen molar-refractivity contribution in [3.8, 4) is 0 Å². The van der Waals surface area contributed by atoms with Crippen LogP contribution in [0, 0.1) is 5.92 Å². The number of nitrogens with one attached hydrogen (secondary N) is 1. The van der Waals surface area contributed by atoms with Crippen LogP contribution in [0.2, 0.25) is 0 Å². The Hall–Kier alpha value is -0.770. The Morgan fingerprint density at radius 2 is 2.00 bits per heavy atom. The van der Waals surface area contributed by atoms with Crippen LogP contribution in [0.4, 0.5) is 0 Å². The van der Waals surface area contributed by atoms with Crippen molar-refractivity contribution in [2.45, 2.75) is 12.8 Å². The lowest BCUT2D eigenvalue weighted by molar-refractivity contribution is 0.219. The molecule has 86 valence electrons. The monoisotopic (exact) mass is 210 g/mol. The number of nitrogens with zero attached hydrogens (tertiary/aromatic N) is 3. The van der Waals surface area contributed by atoms with Crippen molar-refractivity contribution < 1.29 is 0 Å². The summed E-state index contributed by atoms with van der Waals surface area (Å²) in [7, 11) is 4.31. The van der Waals surface area contributed by atoms with Crippen LogP contribution in [-0.2, 0) is 0 Å². The van der Waals surface area contributed by atoms with Crippen LogP contribution in [0.25, 0.3) is 0 Å². The second-order valence-corrected chi connectivity index (χ2v) is 4.75. The van der Waals surface area contributed by atoms with E-state index in [1.165, 1.54) is 25.9 Å². The Bertz CT molecular complexity index is 231. The molecular formula is C11H22N4. The van der Waals surface area contributed by atoms with E-state index in [0.717, 1.165) is 31.5 Å². The molecule has 0 bridgehead atoms. The molecule has 0 radical (unpaired) electrons. The first kappa shape index (κ1) is 10.7. The Kier molecular flexibility index (Phi) is 3.46. The van der Waals surface area contributed by atoms with Crippen molar-refractivity contribution in [3.63, 3.8) is 0 Å². The second kappa shape index (κ2) is 4.84. The van der Waals surface area contributed by atoms with Crippen molar-refractivity contribution in [1.82, 2.24) is 15.1 Å². The fourth-order valence-electron chi connectivity index (χ4n) is 2.23. The predicted octanol–water partition coefficient (Wildman–Crippen LogP) is 0.219. The second-order valence-electron chi connectivity index (χ2n) is 4.75. The van der Waals surface area contributed by atoms with Gasteiger partial charge in [-0.15, -0.1) is 0 Å². The number of guanidine groups is 1. The van der Waals surface area contributed by atoms with Gasteiger partial charge in [-0.05, 0) is 38.9 Å². The number of aliphatic imine (C=N–C) groups is 1. The summed E-state index contributed by atoms with van der Waals surface area (Å²) in [6.45, 7) is 5.60. The lowest BCUT2D eigenvalue weighted by atomic mass is 9.97. The molecule has 1 fully saturated rings. The zero-order chi connectivity index (χ0) is 10.7. The summed E-state index contributed by atoms with van der Waals surface area (Å²) >= 11 is 0. The molecule has 4 heteroatoms. The van der Waals surface area contributed by atoms with Gasteiger partial charge in [0, 0.05) is 20.1 Å². The molecule has 0 aromatic carbocycles. The average molecular weight is 210 g/mol. The maximum Gasteiger partial charge on any atom is 0.193 e. The molecule has 2 aliphatic rings. The third kappa shape index (κ3) is 2.84. The van der Waals surface area contributed by atoms with E-state index in [9.17, 15) is 0 Å². The molecule has 15 heavy (non-hydrogen) atoms. The van der Waals surface area contributed by atoms with Gasteiger partial charge < -0.3 is 15.1 Å². The third-order valence-electron chi connectivity index (χ3n) is 3.45. The van der Waals surface area contributed by atoms with Crippen LogP contribution in [0.1, 0.15) is 12.8 Å². The molecule has 0 spiro atoms. The van der Waals surface area contributed by atoms with Crippen LogP contribution in [0.3, 0.4) is 0 Å². The molecule has 1 saturated heterocycles. The van der Waals surface area contributed by atoms with E-state index in [1.54, 1.807) is 0 Å². The quantitative estimate of drug-likeness (QED) is 0.707. The molecule has 1 N–H and O–H groups in total.